The number of benzene rings is 1. The SMILES string of the molecule is CC[C@@H](O)[C@@H](N=[N+]=[N-])C(=O)c1ccccc1. The first-order valence-electron chi connectivity index (χ1n) is 5.02. The molecule has 0 aliphatic heterocycles. The number of nitrogens with zero attached hydrogens (tertiary/aromatic N) is 3. The highest BCUT2D eigenvalue weighted by atomic mass is 16.3. The molecule has 5 heteroatoms. The van der Waals surface area contributed by atoms with E-state index in [0.717, 1.165) is 0 Å². The second-order valence-corrected chi connectivity index (χ2v) is 3.36. The maximum absolute atomic E-state index is 11.9. The number of ketones is 1. The fourth-order valence-electron chi connectivity index (χ4n) is 1.36. The topological polar surface area (TPSA) is 86.1 Å². The van der Waals surface area contributed by atoms with E-state index in [9.17, 15) is 9.90 Å². The second kappa shape index (κ2) is 5.90. The fourth-order valence-corrected chi connectivity index (χ4v) is 1.36. The van der Waals surface area contributed by atoms with Crippen molar-refractivity contribution in [2.24, 2.45) is 5.11 Å². The van der Waals surface area contributed by atoms with Gasteiger partial charge >= 0.3 is 0 Å². The van der Waals surface area contributed by atoms with E-state index in [1.807, 2.05) is 0 Å². The summed E-state index contributed by atoms with van der Waals surface area (Å²) in [6.45, 7) is 1.73. The van der Waals surface area contributed by atoms with Crippen molar-refractivity contribution in [3.8, 4) is 0 Å². The van der Waals surface area contributed by atoms with Crippen LogP contribution in [0.1, 0.15) is 23.7 Å². The molecule has 0 fully saturated rings. The Morgan fingerprint density at radius 2 is 2.12 bits per heavy atom. The standard InChI is InChI=1S/C11H13N3O2/c1-2-9(15)10(13-14-12)11(16)8-6-4-3-5-7-8/h3-7,9-10,15H,2H2,1H3/t9-,10-/m1/s1. The zero-order chi connectivity index (χ0) is 12.0. The Hall–Kier alpha value is -1.84. The van der Waals surface area contributed by atoms with Crippen LogP contribution in [0.2, 0.25) is 0 Å². The first-order chi connectivity index (χ1) is 7.70. The van der Waals surface area contributed by atoms with Gasteiger partial charge < -0.3 is 5.11 Å². The lowest BCUT2D eigenvalue weighted by atomic mass is 9.99. The molecule has 1 N–H and O–H groups in total. The molecule has 0 radical (unpaired) electrons. The molecule has 84 valence electrons. The van der Waals surface area contributed by atoms with Gasteiger partial charge in [0.15, 0.2) is 5.78 Å². The zero-order valence-electron chi connectivity index (χ0n) is 8.95. The van der Waals surface area contributed by atoms with Crippen LogP contribution < -0.4 is 0 Å². The lowest BCUT2D eigenvalue weighted by Crippen LogP contribution is -2.31. The number of hydrogen-bond acceptors (Lipinski definition) is 3. The molecule has 0 aliphatic carbocycles. The van der Waals surface area contributed by atoms with Gasteiger partial charge in [-0.15, -0.1) is 0 Å². The first-order valence-corrected chi connectivity index (χ1v) is 5.02. The molecule has 1 aromatic carbocycles. The van der Waals surface area contributed by atoms with Crippen molar-refractivity contribution in [3.05, 3.63) is 46.3 Å². The molecule has 0 bridgehead atoms. The van der Waals surface area contributed by atoms with Gasteiger partial charge in [0.25, 0.3) is 0 Å². The van der Waals surface area contributed by atoms with Crippen LogP contribution in [0.4, 0.5) is 0 Å². The third kappa shape index (κ3) is 2.82. The van der Waals surface area contributed by atoms with Gasteiger partial charge in [-0.3, -0.25) is 4.79 Å². The second-order valence-electron chi connectivity index (χ2n) is 3.36. The molecular formula is C11H13N3O2. The number of Topliss-reactive ketones (excluding diaryl/α,β-unsaturated/α-hetero) is 1. The van der Waals surface area contributed by atoms with E-state index in [1.165, 1.54) is 0 Å². The number of hydrogen-bond donors (Lipinski definition) is 1. The summed E-state index contributed by atoms with van der Waals surface area (Å²) in [4.78, 5) is 14.5. The fraction of sp³-hybridized carbons (Fsp3) is 0.364. The van der Waals surface area contributed by atoms with Crippen LogP contribution in [0.25, 0.3) is 10.4 Å². The number of aliphatic hydroxyl groups is 1. The Balaban J connectivity index is 2.96. The summed E-state index contributed by atoms with van der Waals surface area (Å²) in [7, 11) is 0. The van der Waals surface area contributed by atoms with Gasteiger partial charge in [0.1, 0.15) is 6.04 Å². The predicted molar refractivity (Wildman–Crippen MR) is 60.0 cm³/mol. The molecule has 0 saturated carbocycles. The summed E-state index contributed by atoms with van der Waals surface area (Å²) in [6.07, 6.45) is -0.578. The normalized spacial score (nSPS) is 13.6. The predicted octanol–water partition coefficient (Wildman–Crippen LogP) is 2.32. The van der Waals surface area contributed by atoms with Gasteiger partial charge in [-0.2, -0.15) is 0 Å². The Morgan fingerprint density at radius 3 is 2.62 bits per heavy atom. The summed E-state index contributed by atoms with van der Waals surface area (Å²) < 4.78 is 0. The Bertz CT molecular complexity index is 399. The van der Waals surface area contributed by atoms with Crippen molar-refractivity contribution in [1.29, 1.82) is 0 Å². The van der Waals surface area contributed by atoms with E-state index in [2.05, 4.69) is 10.0 Å². The van der Waals surface area contributed by atoms with Crippen LogP contribution in [-0.2, 0) is 0 Å². The number of rotatable bonds is 5. The van der Waals surface area contributed by atoms with Crippen molar-refractivity contribution in [3.63, 3.8) is 0 Å². The highest BCUT2D eigenvalue weighted by Gasteiger charge is 2.25. The Morgan fingerprint density at radius 1 is 1.50 bits per heavy atom. The number of aliphatic hydroxyl groups excluding tert-OH is 1. The molecule has 0 amide bonds. The molecule has 0 aromatic heterocycles. The minimum Gasteiger partial charge on any atom is -0.392 e. The van der Waals surface area contributed by atoms with Crippen LogP contribution in [-0.4, -0.2) is 23.0 Å². The average molecular weight is 219 g/mol. The molecule has 0 unspecified atom stereocenters. The van der Waals surface area contributed by atoms with Crippen LogP contribution in [0, 0.1) is 0 Å². The van der Waals surface area contributed by atoms with Gasteiger partial charge in [-0.05, 0) is 12.0 Å². The van der Waals surface area contributed by atoms with E-state index in [1.54, 1.807) is 37.3 Å². The molecule has 1 rings (SSSR count). The van der Waals surface area contributed by atoms with Crippen molar-refractivity contribution >= 4 is 5.78 Å². The highest BCUT2D eigenvalue weighted by Crippen LogP contribution is 2.12. The number of carbonyl (C=O) groups excluding carboxylic acids is 1. The van der Waals surface area contributed by atoms with Crippen LogP contribution in [0.5, 0.6) is 0 Å². The van der Waals surface area contributed by atoms with Gasteiger partial charge in [-0.1, -0.05) is 42.4 Å². The van der Waals surface area contributed by atoms with Gasteiger partial charge in [-0.25, -0.2) is 0 Å². The van der Waals surface area contributed by atoms with E-state index >= 15 is 0 Å². The van der Waals surface area contributed by atoms with Crippen molar-refractivity contribution < 1.29 is 9.90 Å². The molecule has 0 aliphatic rings. The minimum absolute atomic E-state index is 0.354. The van der Waals surface area contributed by atoms with Crippen LogP contribution in [0.3, 0.4) is 0 Å². The molecule has 16 heavy (non-hydrogen) atoms. The summed E-state index contributed by atoms with van der Waals surface area (Å²) in [5.41, 5.74) is 8.81. The molecule has 0 heterocycles. The Labute approximate surface area is 93.3 Å². The first kappa shape index (κ1) is 12.2. The lowest BCUT2D eigenvalue weighted by molar-refractivity contribution is 0.0812. The van der Waals surface area contributed by atoms with Crippen LogP contribution in [0.15, 0.2) is 35.4 Å². The van der Waals surface area contributed by atoms with Crippen molar-refractivity contribution in [1.82, 2.24) is 0 Å². The maximum atomic E-state index is 11.9. The zero-order valence-corrected chi connectivity index (χ0v) is 8.95. The Kier molecular flexibility index (Phi) is 4.51. The minimum atomic E-state index is -1.04. The third-order valence-electron chi connectivity index (χ3n) is 2.29. The van der Waals surface area contributed by atoms with Gasteiger partial charge in [0.2, 0.25) is 0 Å². The average Bonchev–Trinajstić information content (AvgIpc) is 2.35. The summed E-state index contributed by atoms with van der Waals surface area (Å²) in [5.74, 6) is -0.354. The van der Waals surface area contributed by atoms with Crippen molar-refractivity contribution in [2.75, 3.05) is 0 Å². The molecule has 5 nitrogen and oxygen atoms in total. The number of carbonyl (C=O) groups is 1. The summed E-state index contributed by atoms with van der Waals surface area (Å²) in [5, 5.41) is 12.9. The summed E-state index contributed by atoms with van der Waals surface area (Å²) in [6, 6.07) is 7.44. The summed E-state index contributed by atoms with van der Waals surface area (Å²) >= 11 is 0. The van der Waals surface area contributed by atoms with E-state index in [0.29, 0.717) is 12.0 Å². The van der Waals surface area contributed by atoms with Gasteiger partial charge in [0, 0.05) is 10.5 Å². The largest absolute Gasteiger partial charge is 0.392 e. The molecule has 0 spiro atoms. The molecule has 2 atom stereocenters. The van der Waals surface area contributed by atoms with E-state index < -0.39 is 12.1 Å². The van der Waals surface area contributed by atoms with Crippen LogP contribution >= 0.6 is 0 Å². The third-order valence-corrected chi connectivity index (χ3v) is 2.29. The number of azide groups is 1. The lowest BCUT2D eigenvalue weighted by Gasteiger charge is -2.15. The molecular weight excluding hydrogens is 206 g/mol. The highest BCUT2D eigenvalue weighted by molar-refractivity contribution is 6.00. The van der Waals surface area contributed by atoms with E-state index in [4.69, 9.17) is 5.53 Å². The molecule has 0 saturated heterocycles. The maximum Gasteiger partial charge on any atom is 0.174 e. The quantitative estimate of drug-likeness (QED) is 0.356. The van der Waals surface area contributed by atoms with E-state index in [-0.39, 0.29) is 5.78 Å². The monoisotopic (exact) mass is 219 g/mol. The van der Waals surface area contributed by atoms with Crippen molar-refractivity contribution in [2.45, 2.75) is 25.5 Å². The van der Waals surface area contributed by atoms with Gasteiger partial charge in [0.05, 0.1) is 6.10 Å². The smallest absolute Gasteiger partial charge is 0.174 e. The molecule has 1 aromatic rings.